The van der Waals surface area contributed by atoms with E-state index in [0.29, 0.717) is 35.7 Å². The number of rotatable bonds is 8. The van der Waals surface area contributed by atoms with Gasteiger partial charge >= 0.3 is 0 Å². The largest absolute Gasteiger partial charge is 0.467 e. The van der Waals surface area contributed by atoms with E-state index in [1.807, 2.05) is 18.2 Å². The van der Waals surface area contributed by atoms with Crippen LogP contribution < -0.4 is 9.64 Å². The van der Waals surface area contributed by atoms with E-state index in [0.717, 1.165) is 47.3 Å². The topological polar surface area (TPSA) is 109 Å². The number of aliphatic hydroxyl groups is 1. The summed E-state index contributed by atoms with van der Waals surface area (Å²) in [7, 11) is -3.40. The third kappa shape index (κ3) is 6.63. The summed E-state index contributed by atoms with van der Waals surface area (Å²) in [6, 6.07) is 6.16. The van der Waals surface area contributed by atoms with Gasteiger partial charge < -0.3 is 14.7 Å². The molecule has 0 spiro atoms. The molecule has 5 rings (SSSR count). The van der Waals surface area contributed by atoms with Gasteiger partial charge in [0.1, 0.15) is 6.10 Å². The summed E-state index contributed by atoms with van der Waals surface area (Å²) in [5.74, 6) is 0.635. The SMILES string of the molecule is CC(C)(O)CCS(=O)(=O)N1CC=C(c2ccc3nc(OC4CCN(c5ncc(Cl)cn5)CC4)sc3c2)CC1. The number of fused-ring (bicyclic) bond motifs is 1. The number of thiazole rings is 1. The van der Waals surface area contributed by atoms with E-state index in [2.05, 4.69) is 25.9 Å². The smallest absolute Gasteiger partial charge is 0.274 e. The Morgan fingerprint density at radius 1 is 1.18 bits per heavy atom. The molecule has 0 bridgehead atoms. The van der Waals surface area contributed by atoms with Gasteiger partial charge in [0.15, 0.2) is 0 Å². The van der Waals surface area contributed by atoms with Crippen molar-refractivity contribution in [1.82, 2.24) is 19.3 Å². The predicted molar refractivity (Wildman–Crippen MR) is 151 cm³/mol. The zero-order valence-electron chi connectivity index (χ0n) is 21.5. The van der Waals surface area contributed by atoms with Gasteiger partial charge in [0.2, 0.25) is 16.0 Å². The van der Waals surface area contributed by atoms with E-state index in [4.69, 9.17) is 16.3 Å². The molecule has 38 heavy (non-hydrogen) atoms. The second-order valence-corrected chi connectivity index (χ2v) is 13.9. The van der Waals surface area contributed by atoms with Crippen LogP contribution in [-0.2, 0) is 10.0 Å². The average Bonchev–Trinajstić information content (AvgIpc) is 3.30. The molecule has 1 fully saturated rings. The lowest BCUT2D eigenvalue weighted by atomic mass is 10.0. The summed E-state index contributed by atoms with van der Waals surface area (Å²) in [6.07, 6.45) is 7.87. The van der Waals surface area contributed by atoms with Crippen molar-refractivity contribution in [3.63, 3.8) is 0 Å². The summed E-state index contributed by atoms with van der Waals surface area (Å²) in [5.41, 5.74) is 2.11. The molecule has 12 heteroatoms. The molecule has 0 amide bonds. The zero-order valence-corrected chi connectivity index (χ0v) is 23.9. The average molecular weight is 578 g/mol. The number of anilines is 1. The standard InChI is InChI=1S/C26H32ClN5O4S2/c1-26(2,33)9-14-38(34,35)32-12-5-18(6-13-32)19-3-4-22-23(15-19)37-25(30-22)36-21-7-10-31(11-8-21)24-28-16-20(27)17-29-24/h3-5,15-17,21,33H,6-14H2,1-2H3. The highest BCUT2D eigenvalue weighted by Gasteiger charge is 2.27. The van der Waals surface area contributed by atoms with Crippen molar-refractivity contribution in [2.75, 3.05) is 36.8 Å². The Bertz CT molecular complexity index is 1410. The van der Waals surface area contributed by atoms with Crippen molar-refractivity contribution in [3.8, 4) is 5.19 Å². The minimum absolute atomic E-state index is 0.0524. The summed E-state index contributed by atoms with van der Waals surface area (Å²) in [6.45, 7) is 5.65. The quantitative estimate of drug-likeness (QED) is 0.420. The number of nitrogens with zero attached hydrogens (tertiary/aromatic N) is 5. The minimum Gasteiger partial charge on any atom is -0.467 e. The van der Waals surface area contributed by atoms with Crippen LogP contribution in [0.2, 0.25) is 5.02 Å². The van der Waals surface area contributed by atoms with Gasteiger partial charge in [0, 0.05) is 39.0 Å². The van der Waals surface area contributed by atoms with Gasteiger partial charge in [0.25, 0.3) is 5.19 Å². The first-order valence-electron chi connectivity index (χ1n) is 12.8. The molecule has 1 N–H and O–H groups in total. The van der Waals surface area contributed by atoms with Crippen molar-refractivity contribution in [2.24, 2.45) is 0 Å². The van der Waals surface area contributed by atoms with E-state index >= 15 is 0 Å². The lowest BCUT2D eigenvalue weighted by Crippen LogP contribution is -2.39. The molecule has 4 heterocycles. The molecule has 0 radical (unpaired) electrons. The molecule has 204 valence electrons. The summed E-state index contributed by atoms with van der Waals surface area (Å²) in [4.78, 5) is 15.4. The number of hydrogen-bond donors (Lipinski definition) is 1. The predicted octanol–water partition coefficient (Wildman–Crippen LogP) is 4.37. The number of aromatic nitrogens is 3. The fourth-order valence-corrected chi connectivity index (χ4v) is 7.32. The highest BCUT2D eigenvalue weighted by molar-refractivity contribution is 7.89. The van der Waals surface area contributed by atoms with Gasteiger partial charge in [-0.1, -0.05) is 35.1 Å². The van der Waals surface area contributed by atoms with E-state index in [-0.39, 0.29) is 18.3 Å². The Balaban J connectivity index is 1.19. The maximum Gasteiger partial charge on any atom is 0.274 e. The first kappa shape index (κ1) is 27.3. The lowest BCUT2D eigenvalue weighted by Gasteiger charge is -2.31. The number of piperidine rings is 1. The van der Waals surface area contributed by atoms with Crippen LogP contribution in [0.5, 0.6) is 5.19 Å². The van der Waals surface area contributed by atoms with Crippen LogP contribution in [0.25, 0.3) is 15.8 Å². The molecule has 2 aliphatic heterocycles. The maximum atomic E-state index is 12.7. The fourth-order valence-electron chi connectivity index (χ4n) is 4.61. The first-order valence-corrected chi connectivity index (χ1v) is 15.6. The van der Waals surface area contributed by atoms with Gasteiger partial charge in [-0.05, 0) is 50.0 Å². The first-order chi connectivity index (χ1) is 18.1. The Morgan fingerprint density at radius 2 is 1.92 bits per heavy atom. The Labute approximate surface area is 232 Å². The molecule has 2 aliphatic rings. The number of hydrogen-bond acceptors (Lipinski definition) is 9. The zero-order chi connectivity index (χ0) is 26.9. The van der Waals surface area contributed by atoms with Crippen LogP contribution in [0.1, 0.15) is 45.1 Å². The van der Waals surface area contributed by atoms with Crippen LogP contribution in [0, 0.1) is 0 Å². The highest BCUT2D eigenvalue weighted by atomic mass is 35.5. The van der Waals surface area contributed by atoms with Gasteiger partial charge in [0.05, 0.1) is 39.0 Å². The van der Waals surface area contributed by atoms with Crippen LogP contribution in [0.15, 0.2) is 36.7 Å². The van der Waals surface area contributed by atoms with Crippen LogP contribution >= 0.6 is 22.9 Å². The molecular weight excluding hydrogens is 546 g/mol. The van der Waals surface area contributed by atoms with Crippen molar-refractivity contribution in [1.29, 1.82) is 0 Å². The number of sulfonamides is 1. The summed E-state index contributed by atoms with van der Waals surface area (Å²) < 4.78 is 34.1. The maximum absolute atomic E-state index is 12.7. The van der Waals surface area contributed by atoms with Crippen LogP contribution in [-0.4, -0.2) is 76.4 Å². The highest BCUT2D eigenvalue weighted by Crippen LogP contribution is 2.33. The van der Waals surface area contributed by atoms with Gasteiger partial charge in [-0.15, -0.1) is 0 Å². The fraction of sp³-hybridized carbons (Fsp3) is 0.500. The molecule has 0 unspecified atom stereocenters. The lowest BCUT2D eigenvalue weighted by molar-refractivity contribution is 0.0769. The molecule has 0 saturated carbocycles. The van der Waals surface area contributed by atoms with Crippen molar-refractivity contribution < 1.29 is 18.3 Å². The van der Waals surface area contributed by atoms with Crippen LogP contribution in [0.4, 0.5) is 5.95 Å². The van der Waals surface area contributed by atoms with E-state index in [1.54, 1.807) is 26.2 Å². The van der Waals surface area contributed by atoms with Crippen LogP contribution in [0.3, 0.4) is 0 Å². The van der Waals surface area contributed by atoms with Gasteiger partial charge in [-0.25, -0.2) is 23.4 Å². The Hall–Kier alpha value is -2.31. The monoisotopic (exact) mass is 577 g/mol. The van der Waals surface area contributed by atoms with Gasteiger partial charge in [-0.3, -0.25) is 0 Å². The Morgan fingerprint density at radius 3 is 2.58 bits per heavy atom. The van der Waals surface area contributed by atoms with E-state index in [9.17, 15) is 13.5 Å². The molecule has 9 nitrogen and oxygen atoms in total. The van der Waals surface area contributed by atoms with Crippen molar-refractivity contribution in [3.05, 3.63) is 47.3 Å². The third-order valence-electron chi connectivity index (χ3n) is 6.88. The van der Waals surface area contributed by atoms with Crippen molar-refractivity contribution >= 4 is 54.7 Å². The third-order valence-corrected chi connectivity index (χ3v) is 9.82. The second-order valence-electron chi connectivity index (χ2n) is 10.4. The molecule has 0 aliphatic carbocycles. The number of benzene rings is 1. The van der Waals surface area contributed by atoms with Crippen molar-refractivity contribution in [2.45, 2.75) is 51.2 Å². The normalized spacial score (nSPS) is 18.1. The van der Waals surface area contributed by atoms with E-state index < -0.39 is 15.6 Å². The van der Waals surface area contributed by atoms with E-state index in [1.165, 1.54) is 15.6 Å². The molecule has 0 atom stereocenters. The molecular formula is C26H32ClN5O4S2. The second kappa shape index (κ2) is 11.1. The molecule has 2 aromatic heterocycles. The minimum atomic E-state index is -3.40. The summed E-state index contributed by atoms with van der Waals surface area (Å²) >= 11 is 7.43. The van der Waals surface area contributed by atoms with Gasteiger partial charge in [-0.2, -0.15) is 4.31 Å². The molecule has 1 saturated heterocycles. The summed E-state index contributed by atoms with van der Waals surface area (Å²) in [5, 5.41) is 11.1. The molecule has 3 aromatic rings. The number of ether oxygens (including phenoxy) is 1. The number of halogens is 1. The Kier molecular flexibility index (Phi) is 7.93. The molecule has 1 aromatic carbocycles.